The summed E-state index contributed by atoms with van der Waals surface area (Å²) < 4.78 is 32.8. The summed E-state index contributed by atoms with van der Waals surface area (Å²) in [6.45, 7) is 8.32. The molecule has 0 unspecified atom stereocenters. The van der Waals surface area contributed by atoms with E-state index in [4.69, 9.17) is 4.74 Å². The molecule has 2 rings (SSSR count). The standard InChI is InChI=1S/C21H27N3O4S/c1-5-15(3)16(4)22-23-21(25)17-7-9-18(10-8-17)24-29(26,27)20-13-11-19(12-14-20)28-6-2/h7-15,24H,5-6H2,1-4H3,(H,23,25)/b22-16-/t15-/m0/s1. The Balaban J connectivity index is 2.05. The van der Waals surface area contributed by atoms with Crippen molar-refractivity contribution in [2.75, 3.05) is 11.3 Å². The highest BCUT2D eigenvalue weighted by Gasteiger charge is 2.15. The summed E-state index contributed by atoms with van der Waals surface area (Å²) in [5, 5.41) is 4.11. The Morgan fingerprint density at radius 1 is 1.07 bits per heavy atom. The summed E-state index contributed by atoms with van der Waals surface area (Å²) in [7, 11) is -3.74. The molecule has 0 bridgehead atoms. The van der Waals surface area contributed by atoms with Crippen molar-refractivity contribution in [2.24, 2.45) is 11.0 Å². The smallest absolute Gasteiger partial charge is 0.271 e. The zero-order chi connectivity index (χ0) is 21.4. The molecule has 0 aromatic heterocycles. The van der Waals surface area contributed by atoms with Gasteiger partial charge in [-0.25, -0.2) is 13.8 Å². The van der Waals surface area contributed by atoms with Crippen LogP contribution in [0.4, 0.5) is 5.69 Å². The van der Waals surface area contributed by atoms with Crippen molar-refractivity contribution in [3.63, 3.8) is 0 Å². The molecule has 2 aromatic carbocycles. The molecule has 0 radical (unpaired) electrons. The maximum atomic E-state index is 12.5. The largest absolute Gasteiger partial charge is 0.494 e. The van der Waals surface area contributed by atoms with Crippen LogP contribution in [0.15, 0.2) is 58.5 Å². The van der Waals surface area contributed by atoms with E-state index in [0.29, 0.717) is 23.6 Å². The van der Waals surface area contributed by atoms with Crippen LogP contribution in [0.3, 0.4) is 0 Å². The van der Waals surface area contributed by atoms with E-state index < -0.39 is 10.0 Å². The van der Waals surface area contributed by atoms with Gasteiger partial charge in [-0.05, 0) is 74.7 Å². The molecule has 0 aliphatic carbocycles. The van der Waals surface area contributed by atoms with Crippen LogP contribution >= 0.6 is 0 Å². The van der Waals surface area contributed by atoms with E-state index in [2.05, 4.69) is 22.2 Å². The average Bonchev–Trinajstić information content (AvgIpc) is 2.72. The number of amides is 1. The molecule has 0 saturated carbocycles. The van der Waals surface area contributed by atoms with Crippen molar-refractivity contribution in [1.29, 1.82) is 0 Å². The average molecular weight is 418 g/mol. The predicted molar refractivity (Wildman–Crippen MR) is 115 cm³/mol. The fraction of sp³-hybridized carbons (Fsp3) is 0.333. The lowest BCUT2D eigenvalue weighted by Crippen LogP contribution is -2.21. The van der Waals surface area contributed by atoms with E-state index in [1.807, 2.05) is 20.8 Å². The Labute approximate surface area is 172 Å². The van der Waals surface area contributed by atoms with Crippen LogP contribution in [0.5, 0.6) is 5.75 Å². The van der Waals surface area contributed by atoms with Gasteiger partial charge in [-0.2, -0.15) is 5.10 Å². The van der Waals surface area contributed by atoms with E-state index in [1.165, 1.54) is 24.3 Å². The van der Waals surface area contributed by atoms with Gasteiger partial charge in [0.2, 0.25) is 0 Å². The second kappa shape index (κ2) is 10.1. The van der Waals surface area contributed by atoms with E-state index in [-0.39, 0.29) is 16.7 Å². The molecule has 2 aromatic rings. The topological polar surface area (TPSA) is 96.9 Å². The van der Waals surface area contributed by atoms with Gasteiger partial charge in [-0.1, -0.05) is 13.8 Å². The van der Waals surface area contributed by atoms with Gasteiger partial charge in [0.1, 0.15) is 5.75 Å². The molecule has 0 aliphatic heterocycles. The maximum Gasteiger partial charge on any atom is 0.271 e. The zero-order valence-electron chi connectivity index (χ0n) is 17.1. The normalized spacial score (nSPS) is 12.9. The number of hydrogen-bond acceptors (Lipinski definition) is 5. The first kappa shape index (κ1) is 22.4. The molecule has 0 heterocycles. The zero-order valence-corrected chi connectivity index (χ0v) is 17.9. The number of nitrogens with one attached hydrogen (secondary N) is 2. The molecule has 0 saturated heterocycles. The second-order valence-electron chi connectivity index (χ2n) is 6.59. The molecule has 0 aliphatic rings. The third-order valence-electron chi connectivity index (χ3n) is 4.50. The number of anilines is 1. The minimum Gasteiger partial charge on any atom is -0.494 e. The van der Waals surface area contributed by atoms with Crippen molar-refractivity contribution in [2.45, 2.75) is 39.0 Å². The highest BCUT2D eigenvalue weighted by molar-refractivity contribution is 7.92. The van der Waals surface area contributed by atoms with Crippen LogP contribution < -0.4 is 14.9 Å². The fourth-order valence-corrected chi connectivity index (χ4v) is 3.45. The molecular weight excluding hydrogens is 390 g/mol. The number of hydrazone groups is 1. The van der Waals surface area contributed by atoms with Crippen LogP contribution in [0.1, 0.15) is 44.5 Å². The quantitative estimate of drug-likeness (QED) is 0.475. The molecule has 1 atom stereocenters. The first-order valence-corrected chi connectivity index (χ1v) is 11.0. The molecule has 2 N–H and O–H groups in total. The first-order valence-electron chi connectivity index (χ1n) is 9.47. The minimum absolute atomic E-state index is 0.123. The Bertz CT molecular complexity index is 952. The number of nitrogens with zero attached hydrogens (tertiary/aromatic N) is 1. The molecule has 7 nitrogen and oxygen atoms in total. The Morgan fingerprint density at radius 3 is 2.24 bits per heavy atom. The van der Waals surface area contributed by atoms with E-state index in [0.717, 1.165) is 12.1 Å². The Kier molecular flexibility index (Phi) is 7.78. The van der Waals surface area contributed by atoms with E-state index in [9.17, 15) is 13.2 Å². The number of benzene rings is 2. The van der Waals surface area contributed by atoms with Gasteiger partial charge in [0.25, 0.3) is 15.9 Å². The molecule has 29 heavy (non-hydrogen) atoms. The summed E-state index contributed by atoms with van der Waals surface area (Å²) in [6.07, 6.45) is 0.939. The lowest BCUT2D eigenvalue weighted by Gasteiger charge is -2.10. The van der Waals surface area contributed by atoms with Crippen molar-refractivity contribution in [3.05, 3.63) is 54.1 Å². The van der Waals surface area contributed by atoms with Crippen LogP contribution in [0, 0.1) is 5.92 Å². The van der Waals surface area contributed by atoms with Crippen LogP contribution in [-0.4, -0.2) is 26.6 Å². The number of carbonyl (C=O) groups is 1. The highest BCUT2D eigenvalue weighted by atomic mass is 32.2. The van der Waals surface area contributed by atoms with Gasteiger partial charge in [-0.15, -0.1) is 0 Å². The van der Waals surface area contributed by atoms with Gasteiger partial charge in [0.05, 0.1) is 11.5 Å². The lowest BCUT2D eigenvalue weighted by atomic mass is 10.1. The van der Waals surface area contributed by atoms with Crippen molar-refractivity contribution in [3.8, 4) is 5.75 Å². The van der Waals surface area contributed by atoms with Crippen molar-refractivity contribution >= 4 is 27.3 Å². The number of ether oxygens (including phenoxy) is 1. The fourth-order valence-electron chi connectivity index (χ4n) is 2.39. The van der Waals surface area contributed by atoms with Crippen LogP contribution in [0.25, 0.3) is 0 Å². The summed E-state index contributed by atoms with van der Waals surface area (Å²) >= 11 is 0. The molecule has 0 fully saturated rings. The second-order valence-corrected chi connectivity index (χ2v) is 8.27. The number of carbonyl (C=O) groups excluding carboxylic acids is 1. The lowest BCUT2D eigenvalue weighted by molar-refractivity contribution is 0.0954. The van der Waals surface area contributed by atoms with Gasteiger partial charge in [-0.3, -0.25) is 9.52 Å². The van der Waals surface area contributed by atoms with Crippen molar-refractivity contribution < 1.29 is 17.9 Å². The summed E-state index contributed by atoms with van der Waals surface area (Å²) in [5.41, 5.74) is 4.11. The molecule has 8 heteroatoms. The summed E-state index contributed by atoms with van der Waals surface area (Å²) in [4.78, 5) is 12.3. The van der Waals surface area contributed by atoms with Gasteiger partial charge in [0, 0.05) is 17.0 Å². The highest BCUT2D eigenvalue weighted by Crippen LogP contribution is 2.19. The van der Waals surface area contributed by atoms with Gasteiger partial charge in [0.15, 0.2) is 0 Å². The first-order chi connectivity index (χ1) is 13.8. The summed E-state index contributed by atoms with van der Waals surface area (Å²) in [5.74, 6) is 0.538. The number of hydrogen-bond donors (Lipinski definition) is 2. The van der Waals surface area contributed by atoms with Crippen LogP contribution in [-0.2, 0) is 10.0 Å². The van der Waals surface area contributed by atoms with Gasteiger partial charge >= 0.3 is 0 Å². The third-order valence-corrected chi connectivity index (χ3v) is 5.90. The van der Waals surface area contributed by atoms with Crippen LogP contribution in [0.2, 0.25) is 0 Å². The molecule has 1 amide bonds. The van der Waals surface area contributed by atoms with E-state index in [1.54, 1.807) is 24.3 Å². The number of sulfonamides is 1. The van der Waals surface area contributed by atoms with Gasteiger partial charge < -0.3 is 4.74 Å². The molecular formula is C21H27N3O4S. The minimum atomic E-state index is -3.74. The monoisotopic (exact) mass is 417 g/mol. The SMILES string of the molecule is CCOc1ccc(S(=O)(=O)Nc2ccc(C(=O)N/N=C(/C)[C@@H](C)CC)cc2)cc1. The molecule has 0 spiro atoms. The Hall–Kier alpha value is -2.87. The number of rotatable bonds is 9. The third kappa shape index (κ3) is 6.32. The van der Waals surface area contributed by atoms with E-state index >= 15 is 0 Å². The predicted octanol–water partition coefficient (Wildman–Crippen LogP) is 4.04. The maximum absolute atomic E-state index is 12.5. The van der Waals surface area contributed by atoms with Crippen molar-refractivity contribution in [1.82, 2.24) is 5.43 Å². The Morgan fingerprint density at radius 2 is 1.69 bits per heavy atom. The molecule has 156 valence electrons. The summed E-state index contributed by atoms with van der Waals surface area (Å²) in [6, 6.07) is 12.3.